The third-order valence-corrected chi connectivity index (χ3v) is 5.98. The van der Waals surface area contributed by atoms with Crippen LogP contribution in [0.4, 0.5) is 0 Å². The Balaban J connectivity index is 1.63. The minimum Gasteiger partial charge on any atom is -0.491 e. The molecule has 2 atom stereocenters. The number of carboxylic acids is 1. The fourth-order valence-electron chi connectivity index (χ4n) is 3.41. The zero-order chi connectivity index (χ0) is 21.7. The number of carbonyl (C=O) groups excluding carboxylic acids is 1. The van der Waals surface area contributed by atoms with Gasteiger partial charge in [-0.05, 0) is 30.7 Å². The number of amidine groups is 1. The van der Waals surface area contributed by atoms with Gasteiger partial charge in [-0.1, -0.05) is 0 Å². The molecule has 0 radical (unpaired) electrons. The summed E-state index contributed by atoms with van der Waals surface area (Å²) in [5, 5.41) is 17.3. The molecule has 0 bridgehead atoms. The lowest BCUT2D eigenvalue weighted by Crippen LogP contribution is -2.39. The summed E-state index contributed by atoms with van der Waals surface area (Å²) in [5.74, 6) is -1.04. The van der Waals surface area contributed by atoms with E-state index in [4.69, 9.17) is 25.7 Å². The van der Waals surface area contributed by atoms with Gasteiger partial charge in [0.15, 0.2) is 0 Å². The van der Waals surface area contributed by atoms with Crippen molar-refractivity contribution in [3.8, 4) is 16.3 Å². The lowest BCUT2D eigenvalue weighted by Gasteiger charge is -2.24. The van der Waals surface area contributed by atoms with Crippen molar-refractivity contribution in [1.82, 2.24) is 9.88 Å². The molecule has 160 valence electrons. The van der Waals surface area contributed by atoms with Crippen molar-refractivity contribution in [3.63, 3.8) is 0 Å². The van der Waals surface area contributed by atoms with Crippen molar-refractivity contribution in [3.05, 3.63) is 35.3 Å². The second kappa shape index (κ2) is 9.68. The van der Waals surface area contributed by atoms with Crippen LogP contribution in [0.1, 0.15) is 17.7 Å². The highest BCUT2D eigenvalue weighted by Crippen LogP contribution is 2.29. The van der Waals surface area contributed by atoms with Crippen molar-refractivity contribution in [2.45, 2.75) is 18.9 Å². The first-order valence-electron chi connectivity index (χ1n) is 9.43. The first kappa shape index (κ1) is 21.7. The van der Waals surface area contributed by atoms with Crippen LogP contribution in [-0.2, 0) is 14.3 Å². The monoisotopic (exact) mass is 432 g/mol. The predicted octanol–water partition coefficient (Wildman–Crippen LogP) is 1.81. The topological polar surface area (TPSA) is 139 Å². The second-order valence-corrected chi connectivity index (χ2v) is 8.02. The molecular weight excluding hydrogens is 408 g/mol. The van der Waals surface area contributed by atoms with Crippen LogP contribution in [0.5, 0.6) is 5.75 Å². The first-order chi connectivity index (χ1) is 14.4. The molecule has 2 aromatic rings. The number of nitrogens with two attached hydrogens (primary N) is 1. The van der Waals surface area contributed by atoms with Gasteiger partial charge in [-0.2, -0.15) is 0 Å². The Labute approximate surface area is 177 Å². The summed E-state index contributed by atoms with van der Waals surface area (Å²) in [6.07, 6.45) is 1.84. The van der Waals surface area contributed by atoms with Crippen molar-refractivity contribution < 1.29 is 24.2 Å². The number of rotatable bonds is 10. The second-order valence-electron chi connectivity index (χ2n) is 6.99. The summed E-state index contributed by atoms with van der Waals surface area (Å²) in [4.78, 5) is 30.1. The summed E-state index contributed by atoms with van der Waals surface area (Å²) >= 11 is 1.34. The Morgan fingerprint density at radius 1 is 1.40 bits per heavy atom. The van der Waals surface area contributed by atoms with Crippen LogP contribution >= 0.6 is 11.3 Å². The first-order valence-corrected chi connectivity index (χ1v) is 10.3. The van der Waals surface area contributed by atoms with Crippen LogP contribution < -0.4 is 10.5 Å². The fraction of sp³-hybridized carbons (Fsp3) is 0.400. The minimum atomic E-state index is -0.979. The number of aliphatic carboxylic acids is 1. The quantitative estimate of drug-likeness (QED) is 0.384. The lowest BCUT2D eigenvalue weighted by molar-refractivity contribution is -0.142. The van der Waals surface area contributed by atoms with Gasteiger partial charge >= 0.3 is 5.97 Å². The van der Waals surface area contributed by atoms with E-state index in [9.17, 15) is 9.59 Å². The van der Waals surface area contributed by atoms with E-state index in [0.717, 1.165) is 10.6 Å². The minimum absolute atomic E-state index is 0.0101. The molecule has 3 rings (SSSR count). The van der Waals surface area contributed by atoms with Gasteiger partial charge in [-0.25, -0.2) is 4.98 Å². The molecule has 1 aromatic carbocycles. The van der Waals surface area contributed by atoms with Gasteiger partial charge in [0.2, 0.25) is 5.91 Å². The van der Waals surface area contributed by atoms with E-state index in [0.29, 0.717) is 30.2 Å². The predicted molar refractivity (Wildman–Crippen MR) is 112 cm³/mol. The summed E-state index contributed by atoms with van der Waals surface area (Å²) in [7, 11) is 1.56. The summed E-state index contributed by atoms with van der Waals surface area (Å²) < 4.78 is 11.0. The highest BCUT2D eigenvalue weighted by atomic mass is 32.1. The molecule has 1 aliphatic heterocycles. The maximum absolute atomic E-state index is 12.5. The van der Waals surface area contributed by atoms with Gasteiger partial charge in [-0.15, -0.1) is 11.3 Å². The molecule has 1 amide bonds. The number of likely N-dealkylation sites (tertiary alicyclic amines) is 1. The molecule has 1 aliphatic rings. The number of hydrogen-bond acceptors (Lipinski definition) is 7. The highest BCUT2D eigenvalue weighted by Gasteiger charge is 2.40. The Kier molecular flexibility index (Phi) is 7.01. The third kappa shape index (κ3) is 5.14. The van der Waals surface area contributed by atoms with Crippen LogP contribution in [-0.4, -0.2) is 65.6 Å². The number of methoxy groups -OCH3 is 1. The molecule has 0 aliphatic carbocycles. The Morgan fingerprint density at radius 3 is 2.73 bits per heavy atom. The zero-order valence-corrected chi connectivity index (χ0v) is 17.4. The van der Waals surface area contributed by atoms with E-state index in [2.05, 4.69) is 4.98 Å². The number of nitrogens with zero attached hydrogens (tertiary/aromatic N) is 2. The largest absolute Gasteiger partial charge is 0.491 e. The van der Waals surface area contributed by atoms with Gasteiger partial charge < -0.3 is 25.2 Å². The molecular formula is C20H24N4O5S. The van der Waals surface area contributed by atoms with E-state index in [1.165, 1.54) is 11.3 Å². The maximum Gasteiger partial charge on any atom is 0.304 e. The average Bonchev–Trinajstić information content (AvgIpc) is 3.31. The summed E-state index contributed by atoms with van der Waals surface area (Å²) in [6.45, 7) is 1.06. The SMILES string of the molecule is COCCN1C(=O)[C@H](CC(=O)O)C[C@H]1COc1ccc(-c2ncc(C(=N)N)s2)cc1. The number of carboxylic acid groups (broad SMARTS) is 1. The molecule has 4 N–H and O–H groups in total. The molecule has 1 saturated heterocycles. The summed E-state index contributed by atoms with van der Waals surface area (Å²) in [6, 6.07) is 7.17. The molecule has 0 unspecified atom stereocenters. The van der Waals surface area contributed by atoms with Crippen molar-refractivity contribution in [1.29, 1.82) is 5.41 Å². The molecule has 10 heteroatoms. The molecule has 1 fully saturated rings. The standard InChI is InChI=1S/C20H24N4O5S/c1-28-7-6-24-14(8-13(20(24)27)9-17(25)26)11-29-15-4-2-12(3-5-15)19-23-10-16(30-19)18(21)22/h2-5,10,13-14H,6-9,11H2,1H3,(H3,21,22)(H,25,26)/t13-,14-/m0/s1. The van der Waals surface area contributed by atoms with Crippen LogP contribution in [0.15, 0.2) is 30.5 Å². The van der Waals surface area contributed by atoms with E-state index in [1.807, 2.05) is 24.3 Å². The number of aromatic nitrogens is 1. The van der Waals surface area contributed by atoms with E-state index in [1.54, 1.807) is 18.2 Å². The van der Waals surface area contributed by atoms with Crippen molar-refractivity contribution >= 4 is 29.0 Å². The van der Waals surface area contributed by atoms with Crippen LogP contribution in [0.3, 0.4) is 0 Å². The number of thiazole rings is 1. The molecule has 0 spiro atoms. The molecule has 2 heterocycles. The lowest BCUT2D eigenvalue weighted by atomic mass is 10.0. The molecule has 9 nitrogen and oxygen atoms in total. The van der Waals surface area contributed by atoms with E-state index < -0.39 is 11.9 Å². The Bertz CT molecular complexity index is 914. The summed E-state index contributed by atoms with van der Waals surface area (Å²) in [5.41, 5.74) is 6.37. The number of carbonyl (C=O) groups is 2. The smallest absolute Gasteiger partial charge is 0.304 e. The number of nitrogens with one attached hydrogen (secondary N) is 1. The van der Waals surface area contributed by atoms with E-state index >= 15 is 0 Å². The average molecular weight is 433 g/mol. The van der Waals surface area contributed by atoms with Crippen LogP contribution in [0, 0.1) is 11.3 Å². The Hall–Kier alpha value is -2.98. The van der Waals surface area contributed by atoms with Crippen molar-refractivity contribution in [2.75, 3.05) is 26.9 Å². The highest BCUT2D eigenvalue weighted by molar-refractivity contribution is 7.16. The number of amides is 1. The van der Waals surface area contributed by atoms with Crippen molar-refractivity contribution in [2.24, 2.45) is 11.7 Å². The fourth-order valence-corrected chi connectivity index (χ4v) is 4.19. The maximum atomic E-state index is 12.5. The van der Waals surface area contributed by atoms with Crippen LogP contribution in [0.25, 0.3) is 10.6 Å². The van der Waals surface area contributed by atoms with Gasteiger partial charge in [0.1, 0.15) is 23.2 Å². The van der Waals surface area contributed by atoms with Gasteiger partial charge in [0.05, 0.1) is 29.9 Å². The number of hydrogen-bond donors (Lipinski definition) is 3. The molecule has 0 saturated carbocycles. The zero-order valence-electron chi connectivity index (χ0n) is 16.5. The van der Waals surface area contributed by atoms with E-state index in [-0.39, 0.29) is 30.8 Å². The normalized spacial score (nSPS) is 18.6. The van der Waals surface area contributed by atoms with Crippen LogP contribution in [0.2, 0.25) is 0 Å². The number of ether oxygens (including phenoxy) is 2. The number of benzene rings is 1. The van der Waals surface area contributed by atoms with Gasteiger partial charge in [-0.3, -0.25) is 15.0 Å². The molecule has 30 heavy (non-hydrogen) atoms. The number of nitrogen functional groups attached to an aromatic ring is 1. The third-order valence-electron chi connectivity index (χ3n) is 4.90. The Morgan fingerprint density at radius 2 is 2.13 bits per heavy atom. The van der Waals surface area contributed by atoms with Gasteiger partial charge in [0.25, 0.3) is 0 Å². The molecule has 1 aromatic heterocycles. The van der Waals surface area contributed by atoms with Gasteiger partial charge in [0, 0.05) is 25.4 Å².